The molecule has 1 aliphatic carbocycles. The minimum atomic E-state index is -2.51. The van der Waals surface area contributed by atoms with Gasteiger partial charge in [-0.25, -0.2) is 0 Å². The number of nitrogens with zero attached hydrogens (tertiary/aromatic N) is 2. The smallest absolute Gasteiger partial charge is 0.135 e. The molecule has 0 fully saturated rings. The van der Waals surface area contributed by atoms with Crippen LogP contribution in [0.25, 0.3) is 55.9 Å². The van der Waals surface area contributed by atoms with Gasteiger partial charge in [-0.2, -0.15) is 0 Å². The van der Waals surface area contributed by atoms with E-state index in [0.29, 0.717) is 22.4 Å². The summed E-state index contributed by atoms with van der Waals surface area (Å²) in [4.78, 5) is 9.08. The topological polar surface area (TPSA) is 38.9 Å². The van der Waals surface area contributed by atoms with Crippen LogP contribution in [0.3, 0.4) is 0 Å². The van der Waals surface area contributed by atoms with Gasteiger partial charge in [0, 0.05) is 51.7 Å². The third-order valence-electron chi connectivity index (χ3n) is 11.6. The maximum Gasteiger partial charge on any atom is 0.135 e. The molecule has 4 heteroatoms. The van der Waals surface area contributed by atoms with Crippen molar-refractivity contribution in [2.45, 2.75) is 105 Å². The molecular formula is C52H54IrN2O-2. The molecule has 0 saturated heterocycles. The van der Waals surface area contributed by atoms with Gasteiger partial charge in [0.1, 0.15) is 11.3 Å². The van der Waals surface area contributed by atoms with Gasteiger partial charge < -0.3 is 14.4 Å². The third-order valence-corrected chi connectivity index (χ3v) is 11.6. The Morgan fingerprint density at radius 2 is 1.32 bits per heavy atom. The summed E-state index contributed by atoms with van der Waals surface area (Å²) in [6.45, 7) is 16.6. The normalized spacial score (nSPS) is 16.2. The Labute approximate surface area is 356 Å². The predicted octanol–water partition coefficient (Wildman–Crippen LogP) is 14.0. The number of aryl methyl sites for hydroxylation is 2. The summed E-state index contributed by atoms with van der Waals surface area (Å²) in [5.41, 5.74) is 9.49. The number of furan rings is 1. The first-order valence-electron chi connectivity index (χ1n) is 22.0. The third kappa shape index (κ3) is 7.47. The molecule has 1 aliphatic rings. The number of para-hydroxylation sites is 1. The number of hydrogen-bond donors (Lipinski definition) is 0. The van der Waals surface area contributed by atoms with E-state index >= 15 is 0 Å². The van der Waals surface area contributed by atoms with Crippen molar-refractivity contribution in [1.82, 2.24) is 9.97 Å². The molecule has 8 rings (SSSR count). The Balaban J connectivity index is 0.000000317. The Morgan fingerprint density at radius 1 is 0.625 bits per heavy atom. The van der Waals surface area contributed by atoms with Gasteiger partial charge in [0.2, 0.25) is 0 Å². The van der Waals surface area contributed by atoms with Crippen molar-refractivity contribution < 1.29 is 32.7 Å². The van der Waals surface area contributed by atoms with Gasteiger partial charge in [-0.05, 0) is 86.2 Å². The minimum Gasteiger partial charge on any atom is -0.457 e. The van der Waals surface area contributed by atoms with Crippen molar-refractivity contribution in [3.8, 4) is 45.0 Å². The van der Waals surface area contributed by atoms with Gasteiger partial charge in [0.25, 0.3) is 0 Å². The molecule has 0 saturated carbocycles. The van der Waals surface area contributed by atoms with Crippen LogP contribution in [0.15, 0.2) is 114 Å². The van der Waals surface area contributed by atoms with E-state index in [-0.39, 0.29) is 52.9 Å². The molecule has 3 nitrogen and oxygen atoms in total. The van der Waals surface area contributed by atoms with Crippen LogP contribution in [0.1, 0.15) is 111 Å². The van der Waals surface area contributed by atoms with Crippen molar-refractivity contribution >= 4 is 11.0 Å². The van der Waals surface area contributed by atoms with Crippen LogP contribution in [0, 0.1) is 25.8 Å². The van der Waals surface area contributed by atoms with Gasteiger partial charge >= 0.3 is 0 Å². The number of pyridine rings is 2. The van der Waals surface area contributed by atoms with Crippen LogP contribution in [0.2, 0.25) is 0 Å². The molecule has 0 bridgehead atoms. The monoisotopic (exact) mass is 921 g/mol. The molecule has 0 unspecified atom stereocenters. The van der Waals surface area contributed by atoms with Gasteiger partial charge in [-0.3, -0.25) is 0 Å². The van der Waals surface area contributed by atoms with Crippen LogP contribution in [0.5, 0.6) is 0 Å². The summed E-state index contributed by atoms with van der Waals surface area (Å²) < 4.78 is 56.4. The van der Waals surface area contributed by atoms with Gasteiger partial charge in [0.15, 0.2) is 0 Å². The molecule has 0 N–H and O–H groups in total. The molecular weight excluding hydrogens is 861 g/mol. The first kappa shape index (κ1) is 33.5. The van der Waals surface area contributed by atoms with Crippen molar-refractivity contribution in [2.75, 3.05) is 0 Å². The SMILES string of the molecule is CC(C)(C)c1ccc(-c2[c-]cccc2)nc1.[2H]C([2H])([2H])c1cnc(-c2[c-]cc3c(c2)-c2oc4ccccc4c2C(C)(C)C3(C)C)cc1-c1ccc(C(C)(C)C)cc1C([2H])([2H])[2H].[Ir]. The maximum absolute atomic E-state index is 8.36. The van der Waals surface area contributed by atoms with Crippen molar-refractivity contribution in [1.29, 1.82) is 0 Å². The molecule has 0 spiro atoms. The molecule has 7 aromatic rings. The molecule has 289 valence electrons. The van der Waals surface area contributed by atoms with Crippen LogP contribution in [0.4, 0.5) is 0 Å². The molecule has 56 heavy (non-hydrogen) atoms. The molecule has 0 aliphatic heterocycles. The number of aromatic nitrogens is 2. The minimum absolute atomic E-state index is 0. The zero-order valence-electron chi connectivity index (χ0n) is 40.0. The second-order valence-electron chi connectivity index (χ2n) is 17.8. The van der Waals surface area contributed by atoms with Crippen LogP contribution >= 0.6 is 0 Å². The van der Waals surface area contributed by atoms with Crippen molar-refractivity contribution in [3.05, 3.63) is 155 Å². The van der Waals surface area contributed by atoms with Crippen LogP contribution in [-0.4, -0.2) is 9.97 Å². The number of hydrogen-bond acceptors (Lipinski definition) is 3. The molecule has 3 heterocycles. The zero-order valence-corrected chi connectivity index (χ0v) is 36.4. The predicted molar refractivity (Wildman–Crippen MR) is 231 cm³/mol. The molecule has 3 aromatic heterocycles. The second kappa shape index (κ2) is 15.0. The number of fused-ring (bicyclic) bond motifs is 5. The van der Waals surface area contributed by atoms with Gasteiger partial charge in [0.05, 0.1) is 0 Å². The first-order chi connectivity index (χ1) is 28.3. The fourth-order valence-electron chi connectivity index (χ4n) is 7.47. The standard InChI is InChI=1S/C37H38NO.C15H16N.Ir/c1-22-18-25(35(3,4)5)15-16-26(22)28-20-31(38-21-23(28)2)24-14-17-30-29(19-24)34-33(37(8,9)36(30,6)7)27-12-10-11-13-32(27)39-34;1-15(2,3)13-9-10-14(16-11-13)12-7-5-4-6-8-12;/h10-13,15-21H,1-9H3;4-7,9-11H,1-3H3;/q2*-1;/i1D3,2D3;;. The average molecular weight is 921 g/mol. The Bertz CT molecular complexity index is 2730. The number of benzene rings is 4. The summed E-state index contributed by atoms with van der Waals surface area (Å²) in [6, 6.07) is 37.8. The zero-order chi connectivity index (χ0) is 44.5. The van der Waals surface area contributed by atoms with E-state index in [4.69, 9.17) is 12.6 Å². The number of rotatable bonds is 3. The van der Waals surface area contributed by atoms with E-state index in [2.05, 4.69) is 88.8 Å². The Hall–Kier alpha value is -4.63. The van der Waals surface area contributed by atoms with Crippen molar-refractivity contribution in [2.24, 2.45) is 0 Å². The largest absolute Gasteiger partial charge is 0.457 e. The summed E-state index contributed by atoms with van der Waals surface area (Å²) in [5, 5.41) is 1.09. The van der Waals surface area contributed by atoms with E-state index in [1.165, 1.54) is 11.8 Å². The van der Waals surface area contributed by atoms with E-state index in [0.717, 1.165) is 50.2 Å². The van der Waals surface area contributed by atoms with E-state index in [1.54, 1.807) is 18.2 Å². The first-order valence-corrected chi connectivity index (χ1v) is 19.0. The molecule has 0 amide bonds. The van der Waals surface area contributed by atoms with E-state index < -0.39 is 13.7 Å². The van der Waals surface area contributed by atoms with E-state index in [1.807, 2.05) is 87.6 Å². The van der Waals surface area contributed by atoms with E-state index in [9.17, 15) is 0 Å². The molecule has 4 aromatic carbocycles. The maximum atomic E-state index is 8.36. The van der Waals surface area contributed by atoms with Gasteiger partial charge in [-0.15, -0.1) is 65.2 Å². The van der Waals surface area contributed by atoms with Gasteiger partial charge in [-0.1, -0.05) is 129 Å². The molecule has 0 atom stereocenters. The van der Waals surface area contributed by atoms with Crippen LogP contribution < -0.4 is 0 Å². The summed E-state index contributed by atoms with van der Waals surface area (Å²) in [7, 11) is 0. The Morgan fingerprint density at radius 3 is 1.98 bits per heavy atom. The van der Waals surface area contributed by atoms with Crippen LogP contribution in [-0.2, 0) is 41.8 Å². The quantitative estimate of drug-likeness (QED) is 0.166. The fourth-order valence-corrected chi connectivity index (χ4v) is 7.47. The molecule has 1 radical (unpaired) electrons. The fraction of sp³-hybridized carbons (Fsp3) is 0.308. The van der Waals surface area contributed by atoms with Crippen molar-refractivity contribution in [3.63, 3.8) is 0 Å². The second-order valence-corrected chi connectivity index (χ2v) is 17.8. The summed E-state index contributed by atoms with van der Waals surface area (Å²) in [5.74, 6) is 0.813. The summed E-state index contributed by atoms with van der Waals surface area (Å²) >= 11 is 0. The Kier molecular flexibility index (Phi) is 8.99. The summed E-state index contributed by atoms with van der Waals surface area (Å²) in [6.07, 6.45) is 3.31. The average Bonchev–Trinajstić information content (AvgIpc) is 3.60.